The molecule has 0 radical (unpaired) electrons. The van der Waals surface area contributed by atoms with E-state index in [4.69, 9.17) is 11.6 Å². The van der Waals surface area contributed by atoms with Gasteiger partial charge in [-0.15, -0.1) is 0 Å². The third-order valence-electron chi connectivity index (χ3n) is 1.94. The van der Waals surface area contributed by atoms with Crippen molar-refractivity contribution in [1.82, 2.24) is 9.88 Å². The molecule has 0 bridgehead atoms. The summed E-state index contributed by atoms with van der Waals surface area (Å²) >= 11 is 5.68. The van der Waals surface area contributed by atoms with Gasteiger partial charge in [-0.3, -0.25) is 4.79 Å². The van der Waals surface area contributed by atoms with Crippen molar-refractivity contribution in [2.75, 3.05) is 7.05 Å². The van der Waals surface area contributed by atoms with Crippen molar-refractivity contribution in [3.8, 4) is 0 Å². The van der Waals surface area contributed by atoms with Gasteiger partial charge in [-0.1, -0.05) is 11.6 Å². The maximum atomic E-state index is 11.4. The number of hydrogen-bond acceptors (Lipinski definition) is 2. The lowest BCUT2D eigenvalue weighted by Crippen LogP contribution is -2.17. The Hall–Kier alpha value is -1.09. The second-order valence-corrected chi connectivity index (χ2v) is 3.21. The van der Waals surface area contributed by atoms with Crippen molar-refractivity contribution < 1.29 is 4.79 Å². The zero-order valence-corrected chi connectivity index (χ0v) is 7.30. The standard InChI is InChI=1S/C8H7ClN2O/c1-11-4-5-2-7(9)10-3-6(5)8(11)12/h2-3H,4H2,1H3. The molecule has 4 heteroatoms. The molecule has 0 saturated carbocycles. The van der Waals surface area contributed by atoms with Gasteiger partial charge in [0, 0.05) is 19.8 Å². The van der Waals surface area contributed by atoms with E-state index in [0.29, 0.717) is 17.3 Å². The zero-order valence-electron chi connectivity index (χ0n) is 6.54. The van der Waals surface area contributed by atoms with Gasteiger partial charge < -0.3 is 4.90 Å². The van der Waals surface area contributed by atoms with Crippen LogP contribution in [-0.2, 0) is 6.54 Å². The van der Waals surface area contributed by atoms with Crippen LogP contribution in [0.5, 0.6) is 0 Å². The Morgan fingerprint density at radius 2 is 2.42 bits per heavy atom. The first kappa shape index (κ1) is 7.55. The number of hydrogen-bond donors (Lipinski definition) is 0. The molecule has 62 valence electrons. The van der Waals surface area contributed by atoms with E-state index in [0.717, 1.165) is 5.56 Å². The number of aromatic nitrogens is 1. The summed E-state index contributed by atoms with van der Waals surface area (Å²) < 4.78 is 0. The number of amides is 1. The van der Waals surface area contributed by atoms with E-state index in [9.17, 15) is 4.79 Å². The number of fused-ring (bicyclic) bond motifs is 1. The summed E-state index contributed by atoms with van der Waals surface area (Å²) in [6.07, 6.45) is 1.53. The first-order chi connectivity index (χ1) is 5.68. The number of halogens is 1. The molecule has 1 aliphatic rings. The van der Waals surface area contributed by atoms with Crippen LogP contribution in [0.4, 0.5) is 0 Å². The molecule has 3 nitrogen and oxygen atoms in total. The quantitative estimate of drug-likeness (QED) is 0.567. The second kappa shape index (κ2) is 2.45. The molecule has 1 aromatic heterocycles. The molecule has 2 heterocycles. The maximum Gasteiger partial charge on any atom is 0.255 e. The average molecular weight is 183 g/mol. The molecule has 0 spiro atoms. The monoisotopic (exact) mass is 182 g/mol. The Bertz CT molecular complexity index is 351. The first-order valence-corrected chi connectivity index (χ1v) is 3.96. The van der Waals surface area contributed by atoms with Gasteiger partial charge in [0.05, 0.1) is 5.56 Å². The number of rotatable bonds is 0. The third kappa shape index (κ3) is 0.975. The molecule has 0 unspecified atom stereocenters. The predicted octanol–water partition coefficient (Wildman–Crippen LogP) is 1.32. The fourth-order valence-electron chi connectivity index (χ4n) is 1.32. The second-order valence-electron chi connectivity index (χ2n) is 2.83. The highest BCUT2D eigenvalue weighted by molar-refractivity contribution is 6.29. The smallest absolute Gasteiger partial charge is 0.255 e. The molecule has 0 aliphatic carbocycles. The van der Waals surface area contributed by atoms with Crippen LogP contribution in [0.3, 0.4) is 0 Å². The van der Waals surface area contributed by atoms with Crippen LogP contribution in [0.2, 0.25) is 5.15 Å². The van der Waals surface area contributed by atoms with E-state index in [1.165, 1.54) is 6.20 Å². The summed E-state index contributed by atoms with van der Waals surface area (Å²) in [6, 6.07) is 1.73. The van der Waals surface area contributed by atoms with E-state index < -0.39 is 0 Å². The minimum Gasteiger partial charge on any atom is -0.337 e. The molecule has 1 amide bonds. The van der Waals surface area contributed by atoms with Crippen LogP contribution in [0.15, 0.2) is 12.3 Å². The summed E-state index contributed by atoms with van der Waals surface area (Å²) in [4.78, 5) is 16.8. The molecule has 0 fully saturated rings. The largest absolute Gasteiger partial charge is 0.337 e. The number of pyridine rings is 1. The first-order valence-electron chi connectivity index (χ1n) is 3.58. The van der Waals surface area contributed by atoms with Crippen LogP contribution < -0.4 is 0 Å². The lowest BCUT2D eigenvalue weighted by molar-refractivity contribution is 0.0816. The SMILES string of the molecule is CN1Cc2cc(Cl)ncc2C1=O. The highest BCUT2D eigenvalue weighted by Gasteiger charge is 2.24. The molecular formula is C8H7ClN2O. The van der Waals surface area contributed by atoms with Crippen LogP contribution in [0.25, 0.3) is 0 Å². The van der Waals surface area contributed by atoms with Crippen molar-refractivity contribution in [1.29, 1.82) is 0 Å². The minimum atomic E-state index is 0.0224. The highest BCUT2D eigenvalue weighted by atomic mass is 35.5. The number of carbonyl (C=O) groups is 1. The van der Waals surface area contributed by atoms with Crippen molar-refractivity contribution >= 4 is 17.5 Å². The topological polar surface area (TPSA) is 33.2 Å². The molecule has 12 heavy (non-hydrogen) atoms. The molecule has 0 saturated heterocycles. The van der Waals surface area contributed by atoms with Crippen LogP contribution in [0.1, 0.15) is 15.9 Å². The van der Waals surface area contributed by atoms with Gasteiger partial charge in [-0.25, -0.2) is 4.98 Å². The van der Waals surface area contributed by atoms with Crippen LogP contribution in [0, 0.1) is 0 Å². The Balaban J connectivity index is 2.54. The molecule has 1 aliphatic heterocycles. The summed E-state index contributed by atoms with van der Waals surface area (Å²) in [5.74, 6) is 0.0224. The molecule has 0 N–H and O–H groups in total. The van der Waals surface area contributed by atoms with Gasteiger partial charge in [-0.05, 0) is 11.6 Å². The van der Waals surface area contributed by atoms with Crippen LogP contribution >= 0.6 is 11.6 Å². The van der Waals surface area contributed by atoms with E-state index >= 15 is 0 Å². The summed E-state index contributed by atoms with van der Waals surface area (Å²) in [5.41, 5.74) is 1.63. The van der Waals surface area contributed by atoms with Crippen molar-refractivity contribution in [2.45, 2.75) is 6.54 Å². The molecule has 1 aromatic rings. The van der Waals surface area contributed by atoms with E-state index in [-0.39, 0.29) is 5.91 Å². The van der Waals surface area contributed by atoms with Gasteiger partial charge in [0.1, 0.15) is 5.15 Å². The normalized spacial score (nSPS) is 15.2. The van der Waals surface area contributed by atoms with Gasteiger partial charge >= 0.3 is 0 Å². The highest BCUT2D eigenvalue weighted by Crippen LogP contribution is 2.22. The summed E-state index contributed by atoms with van der Waals surface area (Å²) in [5, 5.41) is 0.442. The number of carbonyl (C=O) groups excluding carboxylic acids is 1. The van der Waals surface area contributed by atoms with Crippen molar-refractivity contribution in [2.24, 2.45) is 0 Å². The molecule has 0 atom stereocenters. The Labute approximate surface area is 75.0 Å². The third-order valence-corrected chi connectivity index (χ3v) is 2.15. The van der Waals surface area contributed by atoms with Gasteiger partial charge in [0.2, 0.25) is 0 Å². The molecule has 2 rings (SSSR count). The van der Waals surface area contributed by atoms with E-state index in [2.05, 4.69) is 4.98 Å². The molecular weight excluding hydrogens is 176 g/mol. The fourth-order valence-corrected chi connectivity index (χ4v) is 1.50. The lowest BCUT2D eigenvalue weighted by atomic mass is 10.2. The van der Waals surface area contributed by atoms with Gasteiger partial charge in [0.25, 0.3) is 5.91 Å². The van der Waals surface area contributed by atoms with Crippen molar-refractivity contribution in [3.63, 3.8) is 0 Å². The Kier molecular flexibility index (Phi) is 1.54. The van der Waals surface area contributed by atoms with E-state index in [1.807, 2.05) is 0 Å². The Morgan fingerprint density at radius 3 is 3.17 bits per heavy atom. The summed E-state index contributed by atoms with van der Waals surface area (Å²) in [6.45, 7) is 0.635. The Morgan fingerprint density at radius 1 is 1.67 bits per heavy atom. The average Bonchev–Trinajstić information content (AvgIpc) is 2.28. The maximum absolute atomic E-state index is 11.4. The summed E-state index contributed by atoms with van der Waals surface area (Å²) in [7, 11) is 1.76. The fraction of sp³-hybridized carbons (Fsp3) is 0.250. The zero-order chi connectivity index (χ0) is 8.72. The number of nitrogens with zero attached hydrogens (tertiary/aromatic N) is 2. The minimum absolute atomic E-state index is 0.0224. The van der Waals surface area contributed by atoms with Gasteiger partial charge in [0.15, 0.2) is 0 Å². The molecule has 0 aromatic carbocycles. The lowest BCUT2D eigenvalue weighted by Gasteiger charge is -2.04. The van der Waals surface area contributed by atoms with E-state index in [1.54, 1.807) is 18.0 Å². The van der Waals surface area contributed by atoms with Crippen LogP contribution in [-0.4, -0.2) is 22.8 Å². The van der Waals surface area contributed by atoms with Crippen molar-refractivity contribution in [3.05, 3.63) is 28.5 Å². The predicted molar refractivity (Wildman–Crippen MR) is 45.0 cm³/mol. The van der Waals surface area contributed by atoms with Gasteiger partial charge in [-0.2, -0.15) is 0 Å².